The number of H-pyrrole nitrogens is 2. The van der Waals surface area contributed by atoms with Gasteiger partial charge >= 0.3 is 5.97 Å². The maximum Gasteiger partial charge on any atom is 0.361 e. The van der Waals surface area contributed by atoms with E-state index in [0.29, 0.717) is 16.3 Å². The van der Waals surface area contributed by atoms with Crippen LogP contribution in [0.4, 0.5) is 5.69 Å². The highest BCUT2D eigenvalue weighted by Crippen LogP contribution is 2.24. The number of fused-ring (bicyclic) bond motifs is 1. The molecular formula is C14H13ClN4O3. The second-order valence-electron chi connectivity index (χ2n) is 4.64. The summed E-state index contributed by atoms with van der Waals surface area (Å²) < 4.78 is 5.00. The van der Waals surface area contributed by atoms with Gasteiger partial charge in [-0.3, -0.25) is 20.0 Å². The van der Waals surface area contributed by atoms with Crippen molar-refractivity contribution in [3.8, 4) is 0 Å². The number of aromatic amines is 2. The molecule has 1 aromatic heterocycles. The zero-order valence-corrected chi connectivity index (χ0v) is 12.5. The number of hydrogen-bond donors (Lipinski definition) is 2. The first kappa shape index (κ1) is 14.4. The predicted molar refractivity (Wildman–Crippen MR) is 82.2 cm³/mol. The molecule has 0 radical (unpaired) electrons. The van der Waals surface area contributed by atoms with Gasteiger partial charge in [0.05, 0.1) is 30.1 Å². The fourth-order valence-electron chi connectivity index (χ4n) is 2.20. The van der Waals surface area contributed by atoms with Crippen LogP contribution in [0.2, 0.25) is 5.02 Å². The number of ether oxygens (including phenoxy) is 1. The minimum Gasteiger partial charge on any atom is -0.461 e. The lowest BCUT2D eigenvalue weighted by Crippen LogP contribution is -2.32. The molecule has 2 heterocycles. The van der Waals surface area contributed by atoms with E-state index in [1.165, 1.54) is 0 Å². The summed E-state index contributed by atoms with van der Waals surface area (Å²) in [5, 5.41) is 11.6. The minimum atomic E-state index is -0.585. The van der Waals surface area contributed by atoms with E-state index in [9.17, 15) is 9.59 Å². The number of anilines is 1. The highest BCUT2D eigenvalue weighted by molar-refractivity contribution is 6.43. The van der Waals surface area contributed by atoms with E-state index in [1.54, 1.807) is 36.2 Å². The molecule has 3 rings (SSSR count). The monoisotopic (exact) mass is 320 g/mol. The molecule has 0 saturated heterocycles. The van der Waals surface area contributed by atoms with Gasteiger partial charge in [-0.15, -0.1) is 0 Å². The fraction of sp³-hybridized carbons (Fsp3) is 0.214. The zero-order valence-electron chi connectivity index (χ0n) is 11.7. The first-order valence-corrected chi connectivity index (χ1v) is 7.06. The second kappa shape index (κ2) is 5.69. The van der Waals surface area contributed by atoms with Gasteiger partial charge in [0.15, 0.2) is 5.71 Å². The molecule has 0 amide bonds. The Morgan fingerprint density at radius 1 is 1.36 bits per heavy atom. The number of benzene rings is 1. The number of carbonyl (C=O) groups is 1. The molecule has 0 atom stereocenters. The number of nitrogens with one attached hydrogen (secondary N) is 2. The van der Waals surface area contributed by atoms with Gasteiger partial charge in [-0.2, -0.15) is 5.10 Å². The molecule has 0 aliphatic carbocycles. The Balaban J connectivity index is 2.05. The SMILES string of the molecule is CCOC(=O)C1=NN(c2ccc(Cl)cc2)Cc2c1[nH][nH]c2=O. The van der Waals surface area contributed by atoms with Crippen molar-refractivity contribution in [3.05, 3.63) is 50.9 Å². The summed E-state index contributed by atoms with van der Waals surface area (Å²) in [6.45, 7) is 2.18. The van der Waals surface area contributed by atoms with Gasteiger partial charge in [0.2, 0.25) is 0 Å². The van der Waals surface area contributed by atoms with Crippen molar-refractivity contribution in [2.24, 2.45) is 5.10 Å². The van der Waals surface area contributed by atoms with Gasteiger partial charge in [0, 0.05) is 5.02 Å². The number of hydrazone groups is 1. The molecule has 22 heavy (non-hydrogen) atoms. The number of nitrogens with zero attached hydrogens (tertiary/aromatic N) is 2. The normalized spacial score (nSPS) is 13.5. The van der Waals surface area contributed by atoms with E-state index in [4.69, 9.17) is 16.3 Å². The van der Waals surface area contributed by atoms with Gasteiger partial charge in [-0.1, -0.05) is 11.6 Å². The molecule has 0 spiro atoms. The number of carbonyl (C=O) groups excluding carboxylic acids is 1. The number of rotatable bonds is 3. The average molecular weight is 321 g/mol. The Labute approximate surface area is 130 Å². The Hall–Kier alpha value is -2.54. The second-order valence-corrected chi connectivity index (χ2v) is 5.07. The first-order chi connectivity index (χ1) is 10.6. The molecule has 114 valence electrons. The van der Waals surface area contributed by atoms with Gasteiger partial charge < -0.3 is 4.74 Å². The lowest BCUT2D eigenvalue weighted by atomic mass is 10.1. The quantitative estimate of drug-likeness (QED) is 0.841. The van der Waals surface area contributed by atoms with Crippen LogP contribution in [0.3, 0.4) is 0 Å². The number of halogens is 1. The summed E-state index contributed by atoms with van der Waals surface area (Å²) >= 11 is 5.87. The third-order valence-corrected chi connectivity index (χ3v) is 3.49. The largest absolute Gasteiger partial charge is 0.461 e. The molecule has 2 N–H and O–H groups in total. The molecule has 1 aliphatic heterocycles. The van der Waals surface area contributed by atoms with Crippen molar-refractivity contribution < 1.29 is 9.53 Å². The molecule has 7 nitrogen and oxygen atoms in total. The third kappa shape index (κ3) is 2.50. The van der Waals surface area contributed by atoms with E-state index in [-0.39, 0.29) is 24.4 Å². The molecule has 8 heteroatoms. The smallest absolute Gasteiger partial charge is 0.361 e. The summed E-state index contributed by atoms with van der Waals surface area (Å²) in [5.74, 6) is -0.585. The van der Waals surface area contributed by atoms with Crippen molar-refractivity contribution in [1.82, 2.24) is 10.2 Å². The van der Waals surface area contributed by atoms with Crippen LogP contribution >= 0.6 is 11.6 Å². The minimum absolute atomic E-state index is 0.0661. The van der Waals surface area contributed by atoms with Gasteiger partial charge in [0.25, 0.3) is 5.56 Å². The zero-order chi connectivity index (χ0) is 15.7. The summed E-state index contributed by atoms with van der Waals surface area (Å²) in [7, 11) is 0. The first-order valence-electron chi connectivity index (χ1n) is 6.69. The molecular weight excluding hydrogens is 308 g/mol. The molecule has 1 aromatic carbocycles. The maximum atomic E-state index is 12.1. The van der Waals surface area contributed by atoms with Gasteiger partial charge in [0.1, 0.15) is 0 Å². The average Bonchev–Trinajstić information content (AvgIpc) is 2.89. The van der Waals surface area contributed by atoms with Crippen LogP contribution in [0, 0.1) is 0 Å². The third-order valence-electron chi connectivity index (χ3n) is 3.24. The summed E-state index contributed by atoms with van der Waals surface area (Å²) in [6, 6.07) is 6.96. The topological polar surface area (TPSA) is 90.5 Å². The van der Waals surface area contributed by atoms with Crippen molar-refractivity contribution >= 4 is 29.0 Å². The van der Waals surface area contributed by atoms with Crippen molar-refractivity contribution in [2.75, 3.05) is 11.6 Å². The summed E-state index contributed by atoms with van der Waals surface area (Å²) in [5.41, 5.74) is 1.31. The lowest BCUT2D eigenvalue weighted by molar-refractivity contribution is -0.135. The van der Waals surface area contributed by atoms with E-state index < -0.39 is 5.97 Å². The molecule has 2 aromatic rings. The Morgan fingerprint density at radius 2 is 2.09 bits per heavy atom. The Kier molecular flexibility index (Phi) is 3.72. The highest BCUT2D eigenvalue weighted by Gasteiger charge is 2.29. The van der Waals surface area contributed by atoms with E-state index in [1.807, 2.05) is 0 Å². The molecule has 1 aliphatic rings. The Morgan fingerprint density at radius 3 is 2.77 bits per heavy atom. The van der Waals surface area contributed by atoms with E-state index in [0.717, 1.165) is 5.69 Å². The molecule has 0 fully saturated rings. The summed E-state index contributed by atoms with van der Waals surface area (Å²) in [4.78, 5) is 23.9. The van der Waals surface area contributed by atoms with E-state index in [2.05, 4.69) is 15.3 Å². The maximum absolute atomic E-state index is 12.1. The van der Waals surface area contributed by atoms with Crippen molar-refractivity contribution in [1.29, 1.82) is 0 Å². The predicted octanol–water partition coefficient (Wildman–Crippen LogP) is 1.64. The van der Waals surface area contributed by atoms with Gasteiger partial charge in [-0.25, -0.2) is 4.79 Å². The van der Waals surface area contributed by atoms with Crippen LogP contribution in [0.1, 0.15) is 18.2 Å². The van der Waals surface area contributed by atoms with Crippen LogP contribution < -0.4 is 10.6 Å². The Bertz CT molecular complexity index is 791. The lowest BCUT2D eigenvalue weighted by Gasteiger charge is -2.24. The van der Waals surface area contributed by atoms with Crippen LogP contribution in [-0.4, -0.2) is 28.5 Å². The fourth-order valence-corrected chi connectivity index (χ4v) is 2.32. The summed E-state index contributed by atoms with van der Waals surface area (Å²) in [6.07, 6.45) is 0. The molecule has 0 unspecified atom stereocenters. The molecule has 0 bridgehead atoms. The highest BCUT2D eigenvalue weighted by atomic mass is 35.5. The number of hydrogen-bond acceptors (Lipinski definition) is 5. The van der Waals surface area contributed by atoms with Crippen molar-refractivity contribution in [2.45, 2.75) is 13.5 Å². The van der Waals surface area contributed by atoms with Crippen LogP contribution in [0.25, 0.3) is 0 Å². The van der Waals surface area contributed by atoms with Crippen LogP contribution in [-0.2, 0) is 16.1 Å². The molecule has 0 saturated carbocycles. The number of esters is 1. The standard InChI is InChI=1S/C14H13ClN4O3/c1-2-22-14(21)12-11-10(13(20)17-16-11)7-19(18-12)9-5-3-8(15)4-6-9/h3-6H,2,7H2,1H3,(H2,16,17,20). The number of aromatic nitrogens is 2. The van der Waals surface area contributed by atoms with Crippen molar-refractivity contribution in [3.63, 3.8) is 0 Å². The van der Waals surface area contributed by atoms with Gasteiger partial charge in [-0.05, 0) is 31.2 Å². The van der Waals surface area contributed by atoms with Crippen LogP contribution in [0.15, 0.2) is 34.2 Å². The van der Waals surface area contributed by atoms with Crippen LogP contribution in [0.5, 0.6) is 0 Å². The van der Waals surface area contributed by atoms with E-state index >= 15 is 0 Å².